The second-order valence-electron chi connectivity index (χ2n) is 9.64. The Kier molecular flexibility index (Phi) is 7.17. The lowest BCUT2D eigenvalue weighted by molar-refractivity contribution is -0.137. The summed E-state index contributed by atoms with van der Waals surface area (Å²) in [5.41, 5.74) is 4.62. The SMILES string of the molecule is Cc1c(CN2CCN(C(c3ccccc3)c3ccccc3)CC2)nc(-c2ccc(C(F)(F)F)cc2)n1C. The molecule has 1 aliphatic heterocycles. The van der Waals surface area contributed by atoms with Crippen LogP contribution >= 0.6 is 0 Å². The summed E-state index contributed by atoms with van der Waals surface area (Å²) in [5.74, 6) is 0.688. The van der Waals surface area contributed by atoms with Crippen LogP contribution in [0.15, 0.2) is 84.9 Å². The van der Waals surface area contributed by atoms with Gasteiger partial charge in [0, 0.05) is 51.0 Å². The monoisotopic (exact) mass is 504 g/mol. The third kappa shape index (κ3) is 5.48. The molecule has 2 heterocycles. The van der Waals surface area contributed by atoms with Crippen LogP contribution in [0.5, 0.6) is 0 Å². The zero-order valence-corrected chi connectivity index (χ0v) is 21.1. The molecule has 37 heavy (non-hydrogen) atoms. The van der Waals surface area contributed by atoms with Gasteiger partial charge >= 0.3 is 6.18 Å². The van der Waals surface area contributed by atoms with Gasteiger partial charge in [-0.05, 0) is 30.2 Å². The Morgan fingerprint density at radius 2 is 1.32 bits per heavy atom. The van der Waals surface area contributed by atoms with Crippen LogP contribution in [-0.4, -0.2) is 45.5 Å². The van der Waals surface area contributed by atoms with Crippen molar-refractivity contribution < 1.29 is 13.2 Å². The lowest BCUT2D eigenvalue weighted by atomic mass is 9.96. The van der Waals surface area contributed by atoms with E-state index in [4.69, 9.17) is 4.98 Å². The summed E-state index contributed by atoms with van der Waals surface area (Å²) in [6.07, 6.45) is -4.34. The first kappa shape index (κ1) is 25.2. The molecule has 0 saturated carbocycles. The Hall–Kier alpha value is -3.42. The van der Waals surface area contributed by atoms with E-state index >= 15 is 0 Å². The number of hydrogen-bond acceptors (Lipinski definition) is 3. The Bertz CT molecular complexity index is 1270. The van der Waals surface area contributed by atoms with Crippen molar-refractivity contribution in [2.45, 2.75) is 25.7 Å². The van der Waals surface area contributed by atoms with Crippen LogP contribution in [-0.2, 0) is 19.8 Å². The summed E-state index contributed by atoms with van der Waals surface area (Å²) in [5, 5.41) is 0. The summed E-state index contributed by atoms with van der Waals surface area (Å²) >= 11 is 0. The van der Waals surface area contributed by atoms with Crippen molar-refractivity contribution in [1.29, 1.82) is 0 Å². The van der Waals surface area contributed by atoms with Gasteiger partial charge in [0.05, 0.1) is 17.3 Å². The minimum absolute atomic E-state index is 0.215. The van der Waals surface area contributed by atoms with Gasteiger partial charge in [0.2, 0.25) is 0 Å². The Balaban J connectivity index is 1.29. The summed E-state index contributed by atoms with van der Waals surface area (Å²) in [4.78, 5) is 9.80. The zero-order valence-electron chi connectivity index (χ0n) is 21.1. The lowest BCUT2D eigenvalue weighted by Gasteiger charge is -2.39. The van der Waals surface area contributed by atoms with Gasteiger partial charge in [-0.3, -0.25) is 9.80 Å². The van der Waals surface area contributed by atoms with Gasteiger partial charge in [-0.1, -0.05) is 72.8 Å². The number of rotatable bonds is 6. The zero-order chi connectivity index (χ0) is 26.0. The van der Waals surface area contributed by atoms with Gasteiger partial charge in [-0.2, -0.15) is 13.2 Å². The van der Waals surface area contributed by atoms with Crippen LogP contribution in [0.25, 0.3) is 11.4 Å². The molecule has 1 saturated heterocycles. The number of piperazine rings is 1. The van der Waals surface area contributed by atoms with E-state index < -0.39 is 11.7 Å². The molecule has 0 aliphatic carbocycles. The summed E-state index contributed by atoms with van der Waals surface area (Å²) < 4.78 is 40.9. The molecule has 3 aromatic carbocycles. The number of halogens is 3. The van der Waals surface area contributed by atoms with Crippen molar-refractivity contribution in [2.24, 2.45) is 7.05 Å². The number of nitrogens with zero attached hydrogens (tertiary/aromatic N) is 4. The first-order valence-electron chi connectivity index (χ1n) is 12.6. The standard InChI is InChI=1S/C30H31F3N4/c1-22-27(34-29(35(22)2)25-13-15-26(16-14-25)30(31,32)33)21-36-17-19-37(20-18-36)28(23-9-5-3-6-10-23)24-11-7-4-8-12-24/h3-16,28H,17-21H2,1-2H3. The van der Waals surface area contributed by atoms with Crippen molar-refractivity contribution in [3.8, 4) is 11.4 Å². The maximum atomic E-state index is 13.0. The molecule has 0 amide bonds. The van der Waals surface area contributed by atoms with Crippen LogP contribution in [0.3, 0.4) is 0 Å². The maximum Gasteiger partial charge on any atom is 0.416 e. The number of imidazole rings is 1. The largest absolute Gasteiger partial charge is 0.416 e. The molecule has 7 heteroatoms. The van der Waals surface area contributed by atoms with Crippen LogP contribution < -0.4 is 0 Å². The third-order valence-corrected chi connectivity index (χ3v) is 7.33. The first-order valence-corrected chi connectivity index (χ1v) is 12.6. The van der Waals surface area contributed by atoms with Gasteiger partial charge in [0.1, 0.15) is 5.82 Å². The molecular formula is C30H31F3N4. The average molecular weight is 505 g/mol. The molecule has 192 valence electrons. The minimum Gasteiger partial charge on any atom is -0.331 e. The minimum atomic E-state index is -4.34. The van der Waals surface area contributed by atoms with Crippen molar-refractivity contribution in [3.63, 3.8) is 0 Å². The quantitative estimate of drug-likeness (QED) is 0.307. The van der Waals surface area contributed by atoms with E-state index in [0.717, 1.165) is 56.2 Å². The van der Waals surface area contributed by atoms with Crippen molar-refractivity contribution >= 4 is 0 Å². The summed E-state index contributed by atoms with van der Waals surface area (Å²) in [7, 11) is 1.92. The topological polar surface area (TPSA) is 24.3 Å². The highest BCUT2D eigenvalue weighted by Gasteiger charge is 2.30. The summed E-state index contributed by atoms with van der Waals surface area (Å²) in [6.45, 7) is 6.45. The van der Waals surface area contributed by atoms with E-state index in [2.05, 4.69) is 70.5 Å². The Morgan fingerprint density at radius 1 is 0.784 bits per heavy atom. The fraction of sp³-hybridized carbons (Fsp3) is 0.300. The molecule has 0 atom stereocenters. The van der Waals surface area contributed by atoms with E-state index in [1.165, 1.54) is 23.3 Å². The molecule has 1 aliphatic rings. The fourth-order valence-electron chi connectivity index (χ4n) is 5.13. The highest BCUT2D eigenvalue weighted by Crippen LogP contribution is 2.32. The second kappa shape index (κ2) is 10.5. The number of hydrogen-bond donors (Lipinski definition) is 0. The second-order valence-corrected chi connectivity index (χ2v) is 9.64. The predicted octanol–water partition coefficient (Wildman–Crippen LogP) is 6.32. The smallest absolute Gasteiger partial charge is 0.331 e. The molecule has 1 fully saturated rings. The highest BCUT2D eigenvalue weighted by molar-refractivity contribution is 5.57. The van der Waals surface area contributed by atoms with Crippen molar-refractivity contribution in [1.82, 2.24) is 19.4 Å². The number of aromatic nitrogens is 2. The third-order valence-electron chi connectivity index (χ3n) is 7.33. The molecule has 4 aromatic rings. The van der Waals surface area contributed by atoms with Gasteiger partial charge < -0.3 is 4.57 Å². The first-order chi connectivity index (χ1) is 17.8. The van der Waals surface area contributed by atoms with Gasteiger partial charge in [0.25, 0.3) is 0 Å². The predicted molar refractivity (Wildman–Crippen MR) is 140 cm³/mol. The van der Waals surface area contributed by atoms with Crippen LogP contribution in [0.4, 0.5) is 13.2 Å². The van der Waals surface area contributed by atoms with Gasteiger partial charge in [0.15, 0.2) is 0 Å². The van der Waals surface area contributed by atoms with E-state index in [1.54, 1.807) is 0 Å². The molecule has 1 aromatic heterocycles. The maximum absolute atomic E-state index is 13.0. The Morgan fingerprint density at radius 3 is 1.84 bits per heavy atom. The molecule has 0 radical (unpaired) electrons. The molecule has 0 bridgehead atoms. The molecule has 4 nitrogen and oxygen atoms in total. The average Bonchev–Trinajstić information content (AvgIpc) is 3.19. The normalized spacial score (nSPS) is 15.4. The number of alkyl halides is 3. The summed E-state index contributed by atoms with van der Waals surface area (Å²) in [6, 6.07) is 26.7. The lowest BCUT2D eigenvalue weighted by Crippen LogP contribution is -2.47. The fourth-order valence-corrected chi connectivity index (χ4v) is 5.13. The van der Waals surface area contributed by atoms with Crippen LogP contribution in [0, 0.1) is 6.92 Å². The van der Waals surface area contributed by atoms with E-state index in [0.29, 0.717) is 11.4 Å². The van der Waals surface area contributed by atoms with E-state index in [9.17, 15) is 13.2 Å². The van der Waals surface area contributed by atoms with Crippen molar-refractivity contribution in [3.05, 3.63) is 113 Å². The van der Waals surface area contributed by atoms with E-state index in [-0.39, 0.29) is 6.04 Å². The number of benzene rings is 3. The molecular weight excluding hydrogens is 473 g/mol. The molecule has 0 N–H and O–H groups in total. The highest BCUT2D eigenvalue weighted by atomic mass is 19.4. The Labute approximate surface area is 216 Å². The van der Waals surface area contributed by atoms with Crippen LogP contribution in [0.2, 0.25) is 0 Å². The molecule has 0 unspecified atom stereocenters. The van der Waals surface area contributed by atoms with Crippen molar-refractivity contribution in [2.75, 3.05) is 26.2 Å². The van der Waals surface area contributed by atoms with Gasteiger partial charge in [-0.25, -0.2) is 4.98 Å². The molecule has 5 rings (SSSR count). The molecule has 0 spiro atoms. The van der Waals surface area contributed by atoms with E-state index in [1.807, 2.05) is 18.5 Å². The van der Waals surface area contributed by atoms with Gasteiger partial charge in [-0.15, -0.1) is 0 Å². The van der Waals surface area contributed by atoms with Crippen LogP contribution in [0.1, 0.15) is 34.1 Å².